The third kappa shape index (κ3) is 4.30. The molecule has 0 saturated heterocycles. The average molecular weight is 301 g/mol. The molecule has 0 unspecified atom stereocenters. The number of hydrogen-bond donors (Lipinski definition) is 1. The van der Waals surface area contributed by atoms with Gasteiger partial charge >= 0.3 is 12.3 Å². The highest BCUT2D eigenvalue weighted by Gasteiger charge is 2.41. The quantitative estimate of drug-likeness (QED) is 0.833. The van der Waals surface area contributed by atoms with Crippen molar-refractivity contribution in [2.24, 2.45) is 0 Å². The molecule has 1 N–H and O–H groups in total. The fourth-order valence-corrected chi connectivity index (χ4v) is 1.39. The Labute approximate surface area is 117 Å². The van der Waals surface area contributed by atoms with Crippen molar-refractivity contribution >= 4 is 12.2 Å². The number of nitrogens with one attached hydrogen (secondary N) is 1. The predicted octanol–water partition coefficient (Wildman–Crippen LogP) is 3.25. The SMILES string of the molecule is FC(F)C(F)(F)COc1ccc(C=Cc2nc[nH]n2)cc1. The molecule has 0 aliphatic rings. The van der Waals surface area contributed by atoms with Crippen LogP contribution >= 0.6 is 0 Å². The van der Waals surface area contributed by atoms with E-state index in [1.165, 1.54) is 18.5 Å². The zero-order valence-electron chi connectivity index (χ0n) is 10.6. The summed E-state index contributed by atoms with van der Waals surface area (Å²) >= 11 is 0. The summed E-state index contributed by atoms with van der Waals surface area (Å²) in [6.07, 6.45) is 1.04. The maximum Gasteiger partial charge on any atom is 0.340 e. The van der Waals surface area contributed by atoms with E-state index in [-0.39, 0.29) is 5.75 Å². The van der Waals surface area contributed by atoms with Gasteiger partial charge in [0.2, 0.25) is 0 Å². The Morgan fingerprint density at radius 2 is 1.90 bits per heavy atom. The van der Waals surface area contributed by atoms with Crippen LogP contribution in [0.2, 0.25) is 0 Å². The molecule has 0 aliphatic carbocycles. The Balaban J connectivity index is 1.93. The van der Waals surface area contributed by atoms with Crippen LogP contribution in [0.4, 0.5) is 17.6 Å². The van der Waals surface area contributed by atoms with Gasteiger partial charge in [-0.3, -0.25) is 5.10 Å². The van der Waals surface area contributed by atoms with Gasteiger partial charge in [0, 0.05) is 0 Å². The van der Waals surface area contributed by atoms with Crippen LogP contribution in [0.15, 0.2) is 30.6 Å². The molecule has 112 valence electrons. The number of aromatic amines is 1. The smallest absolute Gasteiger partial charge is 0.340 e. The van der Waals surface area contributed by atoms with Crippen LogP contribution in [0.5, 0.6) is 5.75 Å². The van der Waals surface area contributed by atoms with Crippen LogP contribution < -0.4 is 4.74 Å². The molecule has 0 radical (unpaired) electrons. The highest BCUT2D eigenvalue weighted by atomic mass is 19.3. The predicted molar refractivity (Wildman–Crippen MR) is 68.2 cm³/mol. The Morgan fingerprint density at radius 1 is 1.19 bits per heavy atom. The molecule has 1 heterocycles. The molecular formula is C13H11F4N3O. The molecule has 1 aromatic heterocycles. The second-order valence-electron chi connectivity index (χ2n) is 4.11. The summed E-state index contributed by atoms with van der Waals surface area (Å²) in [4.78, 5) is 3.89. The largest absolute Gasteiger partial charge is 0.487 e. The van der Waals surface area contributed by atoms with E-state index in [1.54, 1.807) is 24.3 Å². The fourth-order valence-electron chi connectivity index (χ4n) is 1.39. The summed E-state index contributed by atoms with van der Waals surface area (Å²) in [5.41, 5.74) is 0.757. The van der Waals surface area contributed by atoms with E-state index >= 15 is 0 Å². The van der Waals surface area contributed by atoms with E-state index in [1.807, 2.05) is 0 Å². The van der Waals surface area contributed by atoms with Gasteiger partial charge in [-0.1, -0.05) is 18.2 Å². The molecule has 21 heavy (non-hydrogen) atoms. The van der Waals surface area contributed by atoms with E-state index in [9.17, 15) is 17.6 Å². The van der Waals surface area contributed by atoms with Crippen molar-refractivity contribution in [3.05, 3.63) is 42.0 Å². The number of benzene rings is 1. The first-order chi connectivity index (χ1) is 9.97. The Kier molecular flexibility index (Phi) is 4.56. The van der Waals surface area contributed by atoms with Crippen molar-refractivity contribution in [1.82, 2.24) is 15.2 Å². The Hall–Kier alpha value is -2.38. The maximum atomic E-state index is 12.7. The first kappa shape index (κ1) is 15.0. The van der Waals surface area contributed by atoms with Gasteiger partial charge in [-0.25, -0.2) is 13.8 Å². The third-order valence-corrected chi connectivity index (χ3v) is 2.49. The molecule has 4 nitrogen and oxygen atoms in total. The monoisotopic (exact) mass is 301 g/mol. The molecule has 2 aromatic rings. The van der Waals surface area contributed by atoms with Crippen molar-refractivity contribution in [1.29, 1.82) is 0 Å². The van der Waals surface area contributed by atoms with Gasteiger partial charge in [-0.2, -0.15) is 13.9 Å². The summed E-state index contributed by atoms with van der Waals surface area (Å²) in [6, 6.07) is 6.02. The average Bonchev–Trinajstić information content (AvgIpc) is 2.97. The lowest BCUT2D eigenvalue weighted by Gasteiger charge is -2.15. The fraction of sp³-hybridized carbons (Fsp3) is 0.231. The lowest BCUT2D eigenvalue weighted by atomic mass is 10.2. The second kappa shape index (κ2) is 6.38. The number of alkyl halides is 4. The van der Waals surface area contributed by atoms with Gasteiger partial charge < -0.3 is 4.74 Å². The zero-order valence-corrected chi connectivity index (χ0v) is 10.6. The van der Waals surface area contributed by atoms with Crippen molar-refractivity contribution < 1.29 is 22.3 Å². The minimum Gasteiger partial charge on any atom is -0.487 e. The Bertz CT molecular complexity index is 582. The summed E-state index contributed by atoms with van der Waals surface area (Å²) < 4.78 is 53.9. The number of aromatic nitrogens is 3. The normalized spacial score (nSPS) is 12.2. The van der Waals surface area contributed by atoms with Crippen molar-refractivity contribution in [2.75, 3.05) is 6.61 Å². The summed E-state index contributed by atoms with van der Waals surface area (Å²) in [5.74, 6) is -3.58. The summed E-state index contributed by atoms with van der Waals surface area (Å²) in [6.45, 7) is -1.36. The summed E-state index contributed by atoms with van der Waals surface area (Å²) in [5, 5.41) is 6.37. The molecule has 0 bridgehead atoms. The minimum absolute atomic E-state index is 0.0883. The first-order valence-electron chi connectivity index (χ1n) is 5.90. The Morgan fingerprint density at radius 3 is 2.48 bits per heavy atom. The van der Waals surface area contributed by atoms with E-state index < -0.39 is 19.0 Å². The molecule has 0 spiro atoms. The number of H-pyrrole nitrogens is 1. The van der Waals surface area contributed by atoms with Crippen molar-refractivity contribution in [2.45, 2.75) is 12.3 Å². The molecule has 8 heteroatoms. The van der Waals surface area contributed by atoms with Crippen molar-refractivity contribution in [3.8, 4) is 5.75 Å². The van der Waals surface area contributed by atoms with E-state index in [2.05, 4.69) is 19.9 Å². The minimum atomic E-state index is -4.16. The van der Waals surface area contributed by atoms with Crippen LogP contribution in [0.1, 0.15) is 11.4 Å². The molecule has 0 atom stereocenters. The number of hydrogen-bond acceptors (Lipinski definition) is 3. The zero-order chi connectivity index (χ0) is 15.3. The van der Waals surface area contributed by atoms with E-state index in [0.717, 1.165) is 5.56 Å². The number of nitrogens with zero attached hydrogens (tertiary/aromatic N) is 2. The van der Waals surface area contributed by atoms with Gasteiger partial charge in [-0.05, 0) is 23.8 Å². The topological polar surface area (TPSA) is 50.8 Å². The van der Waals surface area contributed by atoms with Gasteiger partial charge in [0.25, 0.3) is 0 Å². The highest BCUT2D eigenvalue weighted by Crippen LogP contribution is 2.24. The standard InChI is InChI=1S/C13H11F4N3O/c14-12(15)13(16,17)7-21-10-4-1-9(2-5-10)3-6-11-18-8-19-20-11/h1-6,8,12H,7H2,(H,18,19,20). The third-order valence-electron chi connectivity index (χ3n) is 2.49. The number of rotatable bonds is 6. The van der Waals surface area contributed by atoms with E-state index in [4.69, 9.17) is 0 Å². The van der Waals surface area contributed by atoms with Crippen molar-refractivity contribution in [3.63, 3.8) is 0 Å². The number of ether oxygens (including phenoxy) is 1. The second-order valence-corrected chi connectivity index (χ2v) is 4.11. The van der Waals surface area contributed by atoms with Gasteiger partial charge in [0.1, 0.15) is 12.1 Å². The first-order valence-corrected chi connectivity index (χ1v) is 5.90. The lowest BCUT2D eigenvalue weighted by Crippen LogP contribution is -2.33. The molecule has 0 aliphatic heterocycles. The van der Waals surface area contributed by atoms with Gasteiger partial charge in [-0.15, -0.1) is 0 Å². The molecule has 1 aromatic carbocycles. The molecular weight excluding hydrogens is 290 g/mol. The summed E-state index contributed by atoms with van der Waals surface area (Å²) in [7, 11) is 0. The molecule has 2 rings (SSSR count). The van der Waals surface area contributed by atoms with Crippen LogP contribution in [-0.2, 0) is 0 Å². The highest BCUT2D eigenvalue weighted by molar-refractivity contribution is 5.66. The van der Waals surface area contributed by atoms with Crippen LogP contribution in [-0.4, -0.2) is 34.1 Å². The van der Waals surface area contributed by atoms with E-state index in [0.29, 0.717) is 5.82 Å². The lowest BCUT2D eigenvalue weighted by molar-refractivity contribution is -0.148. The maximum absolute atomic E-state index is 12.7. The van der Waals surface area contributed by atoms with Gasteiger partial charge in [0.05, 0.1) is 0 Å². The molecule has 0 fully saturated rings. The molecule has 0 saturated carbocycles. The van der Waals surface area contributed by atoms with Crippen LogP contribution in [0, 0.1) is 0 Å². The van der Waals surface area contributed by atoms with Gasteiger partial charge in [0.15, 0.2) is 12.4 Å². The van der Waals surface area contributed by atoms with Crippen LogP contribution in [0.3, 0.4) is 0 Å². The molecule has 0 amide bonds. The van der Waals surface area contributed by atoms with Crippen LogP contribution in [0.25, 0.3) is 12.2 Å². The number of halogens is 4.